The van der Waals surface area contributed by atoms with Gasteiger partial charge in [-0.25, -0.2) is 13.4 Å². The van der Waals surface area contributed by atoms with Gasteiger partial charge in [0.1, 0.15) is 0 Å². The standard InChI is InChI=1S/C14H11NO2S2/c16-19(17,9-12-8-18-10-15-12)14-7-3-5-11-4-1-2-6-13(11)14/h1-8,10H,9H2. The van der Waals surface area contributed by atoms with Crippen molar-refractivity contribution < 1.29 is 8.42 Å². The molecule has 3 aromatic rings. The average molecular weight is 289 g/mol. The minimum Gasteiger partial charge on any atom is -0.249 e. The molecule has 19 heavy (non-hydrogen) atoms. The highest BCUT2D eigenvalue weighted by Gasteiger charge is 2.18. The van der Waals surface area contributed by atoms with E-state index < -0.39 is 9.84 Å². The maximum absolute atomic E-state index is 12.5. The van der Waals surface area contributed by atoms with Crippen molar-refractivity contribution in [3.05, 3.63) is 59.0 Å². The molecule has 0 spiro atoms. The highest BCUT2D eigenvalue weighted by Crippen LogP contribution is 2.25. The van der Waals surface area contributed by atoms with E-state index in [1.54, 1.807) is 23.0 Å². The minimum absolute atomic E-state index is 0.0511. The van der Waals surface area contributed by atoms with Crippen LogP contribution in [0.25, 0.3) is 10.8 Å². The van der Waals surface area contributed by atoms with Gasteiger partial charge in [-0.3, -0.25) is 0 Å². The van der Waals surface area contributed by atoms with E-state index in [0.29, 0.717) is 10.6 Å². The van der Waals surface area contributed by atoms with Crippen molar-refractivity contribution >= 4 is 31.9 Å². The van der Waals surface area contributed by atoms with Gasteiger partial charge in [-0.2, -0.15) is 0 Å². The molecule has 5 heteroatoms. The van der Waals surface area contributed by atoms with Gasteiger partial charge in [0, 0.05) is 10.8 Å². The van der Waals surface area contributed by atoms with E-state index in [2.05, 4.69) is 4.98 Å². The monoisotopic (exact) mass is 289 g/mol. The number of nitrogens with zero attached hydrogens (tertiary/aromatic N) is 1. The Labute approximate surface area is 115 Å². The highest BCUT2D eigenvalue weighted by molar-refractivity contribution is 7.90. The van der Waals surface area contributed by atoms with Gasteiger partial charge < -0.3 is 0 Å². The number of hydrogen-bond acceptors (Lipinski definition) is 4. The first-order valence-corrected chi connectivity index (χ1v) is 8.34. The summed E-state index contributed by atoms with van der Waals surface area (Å²) in [6.07, 6.45) is 0. The summed E-state index contributed by atoms with van der Waals surface area (Å²) in [5.41, 5.74) is 2.24. The molecule has 0 aliphatic heterocycles. The number of benzene rings is 2. The van der Waals surface area contributed by atoms with Crippen molar-refractivity contribution in [1.82, 2.24) is 4.98 Å². The van der Waals surface area contributed by atoms with Gasteiger partial charge >= 0.3 is 0 Å². The molecule has 0 bridgehead atoms. The largest absolute Gasteiger partial charge is 0.249 e. The number of aromatic nitrogens is 1. The molecule has 0 atom stereocenters. The van der Waals surface area contributed by atoms with E-state index in [1.165, 1.54) is 11.3 Å². The van der Waals surface area contributed by atoms with E-state index in [0.717, 1.165) is 10.8 Å². The van der Waals surface area contributed by atoms with E-state index >= 15 is 0 Å². The van der Waals surface area contributed by atoms with Gasteiger partial charge in [0.05, 0.1) is 21.9 Å². The van der Waals surface area contributed by atoms with Crippen molar-refractivity contribution in [2.24, 2.45) is 0 Å². The van der Waals surface area contributed by atoms with Crippen molar-refractivity contribution in [1.29, 1.82) is 0 Å². The van der Waals surface area contributed by atoms with Gasteiger partial charge in [0.25, 0.3) is 0 Å². The Hall–Kier alpha value is -1.72. The summed E-state index contributed by atoms with van der Waals surface area (Å²) in [5.74, 6) is -0.0511. The molecule has 0 radical (unpaired) electrons. The normalized spacial score (nSPS) is 11.8. The number of fused-ring (bicyclic) bond motifs is 1. The molecule has 0 N–H and O–H groups in total. The molecule has 3 nitrogen and oxygen atoms in total. The molecular weight excluding hydrogens is 278 g/mol. The van der Waals surface area contributed by atoms with Crippen LogP contribution in [0, 0.1) is 0 Å². The van der Waals surface area contributed by atoms with Gasteiger partial charge in [0.2, 0.25) is 0 Å². The van der Waals surface area contributed by atoms with Crippen molar-refractivity contribution in [2.45, 2.75) is 10.6 Å². The molecule has 0 saturated heterocycles. The Morgan fingerprint density at radius 2 is 1.84 bits per heavy atom. The van der Waals surface area contributed by atoms with Gasteiger partial charge in [-0.05, 0) is 11.5 Å². The zero-order valence-corrected chi connectivity index (χ0v) is 11.6. The number of thiazole rings is 1. The molecule has 0 fully saturated rings. The van der Waals surface area contributed by atoms with Crippen LogP contribution in [-0.2, 0) is 15.6 Å². The van der Waals surface area contributed by atoms with E-state index in [-0.39, 0.29) is 5.75 Å². The fraction of sp³-hybridized carbons (Fsp3) is 0.0714. The molecule has 0 aliphatic carbocycles. The summed E-state index contributed by atoms with van der Waals surface area (Å²) in [7, 11) is -3.37. The van der Waals surface area contributed by atoms with Crippen molar-refractivity contribution in [3.8, 4) is 0 Å². The quantitative estimate of drug-likeness (QED) is 0.743. The minimum atomic E-state index is -3.37. The highest BCUT2D eigenvalue weighted by atomic mass is 32.2. The van der Waals surface area contributed by atoms with Crippen LogP contribution < -0.4 is 0 Å². The zero-order chi connectivity index (χ0) is 13.3. The third kappa shape index (κ3) is 2.39. The predicted molar refractivity (Wildman–Crippen MR) is 77.0 cm³/mol. The smallest absolute Gasteiger partial charge is 0.184 e. The summed E-state index contributed by atoms with van der Waals surface area (Å²) in [6, 6.07) is 12.8. The van der Waals surface area contributed by atoms with Crippen LogP contribution in [0.15, 0.2) is 58.3 Å². The molecule has 0 aliphatic rings. The first-order valence-electron chi connectivity index (χ1n) is 5.74. The number of sulfone groups is 1. The fourth-order valence-corrected chi connectivity index (χ4v) is 4.22. The molecule has 0 unspecified atom stereocenters. The molecule has 3 rings (SSSR count). The van der Waals surface area contributed by atoms with E-state index in [4.69, 9.17) is 0 Å². The lowest BCUT2D eigenvalue weighted by molar-refractivity contribution is 0.595. The average Bonchev–Trinajstić information content (AvgIpc) is 2.90. The molecule has 0 amide bonds. The lowest BCUT2D eigenvalue weighted by Gasteiger charge is -2.06. The fourth-order valence-electron chi connectivity index (χ4n) is 2.05. The van der Waals surface area contributed by atoms with Crippen LogP contribution in [0.3, 0.4) is 0 Å². The predicted octanol–water partition coefficient (Wildman–Crippen LogP) is 3.27. The maximum Gasteiger partial charge on any atom is 0.184 e. The Kier molecular flexibility index (Phi) is 3.08. The molecular formula is C14H11NO2S2. The topological polar surface area (TPSA) is 47.0 Å². The Bertz CT molecular complexity index is 803. The Balaban J connectivity index is 2.13. The second kappa shape index (κ2) is 4.75. The lowest BCUT2D eigenvalue weighted by atomic mass is 10.1. The zero-order valence-electron chi connectivity index (χ0n) is 9.98. The van der Waals surface area contributed by atoms with Crippen LogP contribution in [0.5, 0.6) is 0 Å². The summed E-state index contributed by atoms with van der Waals surface area (Å²) in [6.45, 7) is 0. The van der Waals surface area contributed by atoms with Crippen molar-refractivity contribution in [2.75, 3.05) is 0 Å². The van der Waals surface area contributed by atoms with Crippen molar-refractivity contribution in [3.63, 3.8) is 0 Å². The Morgan fingerprint density at radius 1 is 1.05 bits per heavy atom. The summed E-state index contributed by atoms with van der Waals surface area (Å²) in [5, 5.41) is 3.46. The van der Waals surface area contributed by atoms with Crippen LogP contribution >= 0.6 is 11.3 Å². The van der Waals surface area contributed by atoms with Gasteiger partial charge in [0.15, 0.2) is 9.84 Å². The van der Waals surface area contributed by atoms with Crippen LogP contribution in [0.4, 0.5) is 0 Å². The Morgan fingerprint density at radius 3 is 2.63 bits per heavy atom. The third-order valence-electron chi connectivity index (χ3n) is 2.91. The third-order valence-corrected chi connectivity index (χ3v) is 5.24. The van der Waals surface area contributed by atoms with Crippen LogP contribution in [-0.4, -0.2) is 13.4 Å². The molecule has 1 aromatic heterocycles. The van der Waals surface area contributed by atoms with Gasteiger partial charge in [-0.1, -0.05) is 36.4 Å². The molecule has 96 valence electrons. The SMILES string of the molecule is O=S(=O)(Cc1cscn1)c1cccc2ccccc12. The van der Waals surface area contributed by atoms with Crippen LogP contribution in [0.2, 0.25) is 0 Å². The first-order chi connectivity index (χ1) is 9.17. The first kappa shape index (κ1) is 12.3. The lowest BCUT2D eigenvalue weighted by Crippen LogP contribution is -2.05. The second-order valence-corrected chi connectivity index (χ2v) is 6.89. The second-order valence-electron chi connectivity index (χ2n) is 4.22. The van der Waals surface area contributed by atoms with Gasteiger partial charge in [-0.15, -0.1) is 11.3 Å². The number of rotatable bonds is 3. The number of hydrogen-bond donors (Lipinski definition) is 0. The summed E-state index contributed by atoms with van der Waals surface area (Å²) in [4.78, 5) is 4.42. The molecule has 2 aromatic carbocycles. The maximum atomic E-state index is 12.5. The summed E-state index contributed by atoms with van der Waals surface area (Å²) >= 11 is 1.40. The molecule has 0 saturated carbocycles. The van der Waals surface area contributed by atoms with E-state index in [9.17, 15) is 8.42 Å². The summed E-state index contributed by atoms with van der Waals surface area (Å²) < 4.78 is 25.0. The van der Waals surface area contributed by atoms with E-state index in [1.807, 2.05) is 30.3 Å². The molecule has 1 heterocycles. The van der Waals surface area contributed by atoms with Crippen LogP contribution in [0.1, 0.15) is 5.69 Å².